The van der Waals surface area contributed by atoms with Crippen molar-refractivity contribution in [1.82, 2.24) is 10.1 Å². The van der Waals surface area contributed by atoms with E-state index in [4.69, 9.17) is 4.52 Å². The Hall–Kier alpha value is -1.26. The van der Waals surface area contributed by atoms with Crippen molar-refractivity contribution in [2.24, 2.45) is 17.8 Å². The summed E-state index contributed by atoms with van der Waals surface area (Å²) in [6.45, 7) is 0.901. The highest BCUT2D eigenvalue weighted by atomic mass is 32.2. The summed E-state index contributed by atoms with van der Waals surface area (Å²) >= 11 is 1.76. The summed E-state index contributed by atoms with van der Waals surface area (Å²) < 4.78 is 5.66. The first-order valence-corrected chi connectivity index (χ1v) is 11.2. The van der Waals surface area contributed by atoms with Crippen molar-refractivity contribution in [3.8, 4) is 11.3 Å². The van der Waals surface area contributed by atoms with Crippen molar-refractivity contribution in [2.45, 2.75) is 55.5 Å². The molecule has 0 N–H and O–H groups in total. The molecule has 6 rings (SSSR count). The standard InChI is InChI=1S/C22H28N2OS/c1-24(22-11-15-7-16(12-22)9-17(8-15)13-22)14-19-10-21(25-23-19)18-3-5-20(26-2)6-4-18/h3-6,10,15-17H,7-9,11-14H2,1-2H3. The normalized spacial score (nSPS) is 32.5. The Morgan fingerprint density at radius 3 is 2.27 bits per heavy atom. The van der Waals surface area contributed by atoms with Gasteiger partial charge in [0.2, 0.25) is 0 Å². The van der Waals surface area contributed by atoms with Crippen LogP contribution in [0.5, 0.6) is 0 Å². The molecule has 4 bridgehead atoms. The third-order valence-electron chi connectivity index (χ3n) is 7.15. The molecule has 26 heavy (non-hydrogen) atoms. The van der Waals surface area contributed by atoms with E-state index in [1.807, 2.05) is 0 Å². The Labute approximate surface area is 160 Å². The molecule has 4 aliphatic carbocycles. The van der Waals surface area contributed by atoms with E-state index >= 15 is 0 Å². The van der Waals surface area contributed by atoms with E-state index in [9.17, 15) is 0 Å². The molecule has 1 aromatic carbocycles. The van der Waals surface area contributed by atoms with E-state index in [0.29, 0.717) is 5.54 Å². The lowest BCUT2D eigenvalue weighted by atomic mass is 9.52. The molecule has 0 atom stereocenters. The maximum atomic E-state index is 5.66. The lowest BCUT2D eigenvalue weighted by Crippen LogP contribution is -2.58. The van der Waals surface area contributed by atoms with Crippen LogP contribution in [0.25, 0.3) is 11.3 Å². The van der Waals surface area contributed by atoms with Crippen molar-refractivity contribution in [1.29, 1.82) is 0 Å². The van der Waals surface area contributed by atoms with Crippen LogP contribution in [0.3, 0.4) is 0 Å². The molecule has 1 aromatic heterocycles. The van der Waals surface area contributed by atoms with Gasteiger partial charge in [-0.15, -0.1) is 11.8 Å². The summed E-state index contributed by atoms with van der Waals surface area (Å²) in [4.78, 5) is 3.88. The summed E-state index contributed by atoms with van der Waals surface area (Å²) in [5, 5.41) is 4.38. The number of hydrogen-bond donors (Lipinski definition) is 0. The topological polar surface area (TPSA) is 29.3 Å². The average Bonchev–Trinajstić information content (AvgIpc) is 3.09. The zero-order chi connectivity index (χ0) is 17.7. The minimum atomic E-state index is 0.424. The Bertz CT molecular complexity index is 746. The molecule has 4 fully saturated rings. The average molecular weight is 369 g/mol. The Morgan fingerprint density at radius 1 is 1.08 bits per heavy atom. The van der Waals surface area contributed by atoms with Crippen LogP contribution in [0.15, 0.2) is 39.8 Å². The van der Waals surface area contributed by atoms with E-state index in [1.165, 1.54) is 43.4 Å². The molecule has 1 heterocycles. The van der Waals surface area contributed by atoms with Crippen molar-refractivity contribution in [2.75, 3.05) is 13.3 Å². The van der Waals surface area contributed by atoms with E-state index in [0.717, 1.165) is 41.3 Å². The summed E-state index contributed by atoms with van der Waals surface area (Å²) in [5.41, 5.74) is 2.60. The molecule has 4 heteroatoms. The summed E-state index contributed by atoms with van der Waals surface area (Å²) in [5.74, 6) is 3.82. The fourth-order valence-corrected chi connectivity index (χ4v) is 6.63. The van der Waals surface area contributed by atoms with Gasteiger partial charge in [0.15, 0.2) is 5.76 Å². The fraction of sp³-hybridized carbons (Fsp3) is 0.591. The van der Waals surface area contributed by atoms with Gasteiger partial charge in [0.25, 0.3) is 0 Å². The minimum absolute atomic E-state index is 0.424. The number of aromatic nitrogens is 1. The van der Waals surface area contributed by atoms with Crippen LogP contribution < -0.4 is 0 Å². The van der Waals surface area contributed by atoms with Crippen LogP contribution in [-0.4, -0.2) is 28.9 Å². The summed E-state index contributed by atoms with van der Waals surface area (Å²) in [7, 11) is 2.31. The third kappa shape index (κ3) is 2.91. The van der Waals surface area contributed by atoms with E-state index < -0.39 is 0 Å². The fourth-order valence-electron chi connectivity index (χ4n) is 6.22. The highest BCUT2D eigenvalue weighted by Crippen LogP contribution is 2.57. The molecule has 0 spiro atoms. The number of rotatable bonds is 5. The van der Waals surface area contributed by atoms with Crippen molar-refractivity contribution < 1.29 is 4.52 Å². The largest absolute Gasteiger partial charge is 0.356 e. The van der Waals surface area contributed by atoms with Gasteiger partial charge in [-0.3, -0.25) is 4.90 Å². The molecule has 0 unspecified atom stereocenters. The quantitative estimate of drug-likeness (QED) is 0.655. The molecule has 3 nitrogen and oxygen atoms in total. The van der Waals surface area contributed by atoms with Crippen LogP contribution in [0.1, 0.15) is 44.2 Å². The number of hydrogen-bond acceptors (Lipinski definition) is 4. The van der Waals surface area contributed by atoms with Crippen molar-refractivity contribution in [3.05, 3.63) is 36.0 Å². The van der Waals surface area contributed by atoms with Gasteiger partial charge in [-0.1, -0.05) is 17.3 Å². The van der Waals surface area contributed by atoms with Crippen LogP contribution in [0.4, 0.5) is 0 Å². The van der Waals surface area contributed by atoms with E-state index in [2.05, 4.69) is 53.7 Å². The summed E-state index contributed by atoms with van der Waals surface area (Å²) in [6, 6.07) is 10.7. The Balaban J connectivity index is 1.31. The first-order chi connectivity index (χ1) is 12.6. The van der Waals surface area contributed by atoms with Gasteiger partial charge in [-0.25, -0.2) is 0 Å². The molecule has 0 radical (unpaired) electrons. The molecular weight excluding hydrogens is 340 g/mol. The van der Waals surface area contributed by atoms with Gasteiger partial charge in [0, 0.05) is 28.6 Å². The monoisotopic (exact) mass is 368 g/mol. The zero-order valence-corrected chi connectivity index (χ0v) is 16.6. The smallest absolute Gasteiger partial charge is 0.167 e. The maximum Gasteiger partial charge on any atom is 0.167 e. The van der Waals surface area contributed by atoms with Crippen LogP contribution in [0, 0.1) is 17.8 Å². The van der Waals surface area contributed by atoms with Gasteiger partial charge in [0.1, 0.15) is 0 Å². The second-order valence-corrected chi connectivity index (χ2v) is 9.79. The Morgan fingerprint density at radius 2 is 1.69 bits per heavy atom. The number of benzene rings is 1. The van der Waals surface area contributed by atoms with Gasteiger partial charge >= 0.3 is 0 Å². The predicted molar refractivity (Wildman–Crippen MR) is 106 cm³/mol. The highest BCUT2D eigenvalue weighted by molar-refractivity contribution is 7.98. The van der Waals surface area contributed by atoms with Gasteiger partial charge < -0.3 is 4.52 Å². The van der Waals surface area contributed by atoms with E-state index in [-0.39, 0.29) is 0 Å². The van der Waals surface area contributed by atoms with Gasteiger partial charge in [-0.2, -0.15) is 0 Å². The predicted octanol–water partition coefficient (Wildman–Crippen LogP) is 5.46. The minimum Gasteiger partial charge on any atom is -0.356 e. The first-order valence-electron chi connectivity index (χ1n) is 9.95. The lowest BCUT2D eigenvalue weighted by molar-refractivity contribution is -0.0827. The molecule has 4 saturated carbocycles. The maximum absolute atomic E-state index is 5.66. The van der Waals surface area contributed by atoms with Crippen LogP contribution in [-0.2, 0) is 6.54 Å². The van der Waals surface area contributed by atoms with E-state index in [1.54, 1.807) is 11.8 Å². The van der Waals surface area contributed by atoms with Crippen molar-refractivity contribution in [3.63, 3.8) is 0 Å². The Kier molecular flexibility index (Phi) is 4.17. The van der Waals surface area contributed by atoms with Gasteiger partial charge in [0.05, 0.1) is 5.69 Å². The SMILES string of the molecule is CSc1ccc(-c2cc(CN(C)C34CC5CC(CC(C5)C3)C4)no2)cc1. The van der Waals surface area contributed by atoms with Crippen LogP contribution >= 0.6 is 11.8 Å². The highest BCUT2D eigenvalue weighted by Gasteiger charge is 2.52. The summed E-state index contributed by atoms with van der Waals surface area (Å²) in [6.07, 6.45) is 10.8. The zero-order valence-electron chi connectivity index (χ0n) is 15.8. The third-order valence-corrected chi connectivity index (χ3v) is 7.89. The molecule has 4 aliphatic rings. The van der Waals surface area contributed by atoms with Crippen LogP contribution in [0.2, 0.25) is 0 Å². The molecule has 0 amide bonds. The second kappa shape index (κ2) is 6.42. The molecular formula is C22H28N2OS. The van der Waals surface area contributed by atoms with Crippen molar-refractivity contribution >= 4 is 11.8 Å². The lowest BCUT2D eigenvalue weighted by Gasteiger charge is -2.60. The molecule has 138 valence electrons. The second-order valence-electron chi connectivity index (χ2n) is 8.91. The molecule has 2 aromatic rings. The van der Waals surface area contributed by atoms with Gasteiger partial charge in [-0.05, 0) is 81.7 Å². The molecule has 0 saturated heterocycles. The first kappa shape index (κ1) is 16.9. The molecule has 0 aliphatic heterocycles. The number of nitrogens with zero attached hydrogens (tertiary/aromatic N) is 2. The number of thioether (sulfide) groups is 1.